The highest BCUT2D eigenvalue weighted by molar-refractivity contribution is 5.88. The molecular weight excluding hydrogens is 556 g/mol. The summed E-state index contributed by atoms with van der Waals surface area (Å²) < 4.78 is 5.26. The quantitative estimate of drug-likeness (QED) is 0.0834. The first-order chi connectivity index (χ1) is 19.7. The van der Waals surface area contributed by atoms with E-state index in [2.05, 4.69) is 5.32 Å². The van der Waals surface area contributed by atoms with Crippen molar-refractivity contribution in [2.45, 2.75) is 43.2 Å². The molecule has 1 aliphatic heterocycles. The van der Waals surface area contributed by atoms with Crippen LogP contribution in [0.5, 0.6) is 0 Å². The Kier molecular flexibility index (Phi) is 10.0. The molecule has 15 heteroatoms. The molecule has 1 heterocycles. The summed E-state index contributed by atoms with van der Waals surface area (Å²) >= 11 is 0. The molecule has 0 spiro atoms. The second-order valence-corrected chi connectivity index (χ2v) is 9.89. The minimum atomic E-state index is -4.27. The number of hydrogen-bond donors (Lipinski definition) is 9. The molecule has 1 atom stereocenters. The number of likely N-dealkylation sites (N-methyl/N-ethyl adjacent to an activating group) is 1. The topological polar surface area (TPSA) is 233 Å². The summed E-state index contributed by atoms with van der Waals surface area (Å²) in [4.78, 5) is 37.6. The van der Waals surface area contributed by atoms with Gasteiger partial charge in [-0.1, -0.05) is 36.4 Å². The minimum Gasteiger partial charge on any atom is -0.381 e. The van der Waals surface area contributed by atoms with Gasteiger partial charge >= 0.3 is 0 Å². The minimum absolute atomic E-state index is 0.114. The van der Waals surface area contributed by atoms with Crippen molar-refractivity contribution in [1.82, 2.24) is 15.1 Å². The van der Waals surface area contributed by atoms with Gasteiger partial charge in [-0.15, -0.1) is 0 Å². The van der Waals surface area contributed by atoms with Crippen molar-refractivity contribution in [3.63, 3.8) is 0 Å². The van der Waals surface area contributed by atoms with Gasteiger partial charge in [0.1, 0.15) is 0 Å². The smallest absolute Gasteiger partial charge is 0.285 e. The molecule has 2 amide bonds. The molecular formula is C27H36N4O11. The highest BCUT2D eigenvalue weighted by Gasteiger charge is 2.68. The largest absolute Gasteiger partial charge is 0.381 e. The number of carbonyl (C=O) groups is 3. The van der Waals surface area contributed by atoms with Crippen molar-refractivity contribution in [2.75, 3.05) is 38.7 Å². The van der Waals surface area contributed by atoms with E-state index >= 15 is 0 Å². The Balaban J connectivity index is 1.87. The van der Waals surface area contributed by atoms with Crippen LogP contribution in [-0.2, 0) is 38.1 Å². The van der Waals surface area contributed by atoms with Gasteiger partial charge in [0, 0.05) is 37.9 Å². The molecule has 0 bridgehead atoms. The second kappa shape index (κ2) is 12.8. The number of hydrogen-bond acceptors (Lipinski definition) is 13. The third kappa shape index (κ3) is 6.14. The van der Waals surface area contributed by atoms with Crippen molar-refractivity contribution in [2.24, 2.45) is 0 Å². The van der Waals surface area contributed by atoms with Crippen molar-refractivity contribution >= 4 is 24.3 Å². The third-order valence-corrected chi connectivity index (χ3v) is 7.27. The van der Waals surface area contributed by atoms with Crippen molar-refractivity contribution < 1.29 is 54.9 Å². The van der Waals surface area contributed by atoms with Crippen LogP contribution in [0.1, 0.15) is 22.3 Å². The Morgan fingerprint density at radius 3 is 2.17 bits per heavy atom. The van der Waals surface area contributed by atoms with E-state index in [4.69, 9.17) is 4.74 Å². The maximum Gasteiger partial charge on any atom is 0.285 e. The van der Waals surface area contributed by atoms with Crippen LogP contribution in [0.15, 0.2) is 42.5 Å². The predicted octanol–water partition coefficient (Wildman–Crippen LogP) is -3.01. The number of ether oxygens (including phenoxy) is 1. The van der Waals surface area contributed by atoms with Gasteiger partial charge in [-0.3, -0.25) is 19.3 Å². The summed E-state index contributed by atoms with van der Waals surface area (Å²) in [6.07, 6.45) is -0.828. The lowest BCUT2D eigenvalue weighted by molar-refractivity contribution is -0.399. The summed E-state index contributed by atoms with van der Waals surface area (Å²) in [6, 6.07) is 11.4. The second-order valence-electron chi connectivity index (χ2n) is 9.89. The zero-order valence-corrected chi connectivity index (χ0v) is 23.1. The predicted molar refractivity (Wildman–Crippen MR) is 144 cm³/mol. The molecule has 15 nitrogen and oxygen atoms in total. The van der Waals surface area contributed by atoms with Gasteiger partial charge in [0.25, 0.3) is 29.1 Å². The highest BCUT2D eigenvalue weighted by atomic mass is 16.6. The molecule has 1 fully saturated rings. The van der Waals surface area contributed by atoms with Crippen LogP contribution in [0.3, 0.4) is 0 Å². The first kappa shape index (κ1) is 33.0. The van der Waals surface area contributed by atoms with Gasteiger partial charge in [-0.05, 0) is 29.7 Å². The zero-order valence-electron chi connectivity index (χ0n) is 23.1. The van der Waals surface area contributed by atoms with Gasteiger partial charge in [0.05, 0.1) is 19.8 Å². The summed E-state index contributed by atoms with van der Waals surface area (Å²) in [5.74, 6) is -12.1. The molecule has 42 heavy (non-hydrogen) atoms. The van der Waals surface area contributed by atoms with Gasteiger partial charge in [-0.25, -0.2) is 4.90 Å². The number of aryl methyl sites for hydroxylation is 1. The zero-order chi connectivity index (χ0) is 31.3. The van der Waals surface area contributed by atoms with Gasteiger partial charge in [0.15, 0.2) is 6.29 Å². The van der Waals surface area contributed by atoms with E-state index < -0.39 is 41.9 Å². The average Bonchev–Trinajstić information content (AvgIpc) is 2.99. The van der Waals surface area contributed by atoms with Crippen LogP contribution in [-0.4, -0.2) is 115 Å². The van der Waals surface area contributed by atoms with E-state index in [0.717, 1.165) is 12.6 Å². The SMILES string of the molecule is CNC(=O)C(O)(N(C=O)Cc1c(C)cccc1NCc1ccc(C(O)(O)N2CCOCC2)cc1)C(O)(O)C(O)(O)C=O. The molecule has 2 aromatic carbocycles. The number of anilines is 1. The fourth-order valence-corrected chi connectivity index (χ4v) is 4.58. The van der Waals surface area contributed by atoms with E-state index in [1.165, 1.54) is 4.90 Å². The molecule has 1 saturated heterocycles. The Morgan fingerprint density at radius 1 is 1.00 bits per heavy atom. The molecule has 0 saturated carbocycles. The van der Waals surface area contributed by atoms with Gasteiger partial charge < -0.3 is 51.1 Å². The number of aldehydes is 1. The van der Waals surface area contributed by atoms with E-state index in [1.807, 2.05) is 5.32 Å². The fraction of sp³-hybridized carbons (Fsp3) is 0.444. The maximum atomic E-state index is 12.6. The van der Waals surface area contributed by atoms with Crippen LogP contribution in [0.25, 0.3) is 0 Å². The number of rotatable bonds is 13. The number of nitrogens with one attached hydrogen (secondary N) is 2. The van der Waals surface area contributed by atoms with E-state index in [1.54, 1.807) is 49.4 Å². The molecule has 0 aromatic heterocycles. The first-order valence-electron chi connectivity index (χ1n) is 12.9. The van der Waals surface area contributed by atoms with Crippen LogP contribution < -0.4 is 10.6 Å². The third-order valence-electron chi connectivity index (χ3n) is 7.27. The Labute approximate surface area is 241 Å². The molecule has 2 aromatic rings. The van der Waals surface area contributed by atoms with Crippen LogP contribution in [0, 0.1) is 6.92 Å². The highest BCUT2D eigenvalue weighted by Crippen LogP contribution is 2.34. The van der Waals surface area contributed by atoms with Gasteiger partial charge in [-0.2, -0.15) is 0 Å². The number of amides is 2. The summed E-state index contributed by atoms with van der Waals surface area (Å²) in [5.41, 5.74) is -1.54. The maximum absolute atomic E-state index is 12.6. The monoisotopic (exact) mass is 592 g/mol. The summed E-state index contributed by atoms with van der Waals surface area (Å²) in [5, 5.41) is 78.1. The van der Waals surface area contributed by atoms with Crippen molar-refractivity contribution in [1.29, 1.82) is 0 Å². The molecule has 230 valence electrons. The molecule has 3 rings (SSSR count). The van der Waals surface area contributed by atoms with Crippen LogP contribution in [0.2, 0.25) is 0 Å². The average molecular weight is 593 g/mol. The van der Waals surface area contributed by atoms with E-state index in [-0.39, 0.29) is 23.4 Å². The normalized spacial score (nSPS) is 16.3. The molecule has 9 N–H and O–H groups in total. The number of morpholine rings is 1. The van der Waals surface area contributed by atoms with Crippen LogP contribution >= 0.6 is 0 Å². The lowest BCUT2D eigenvalue weighted by Crippen LogP contribution is -2.78. The van der Waals surface area contributed by atoms with E-state index in [9.17, 15) is 50.1 Å². The van der Waals surface area contributed by atoms with E-state index in [0.29, 0.717) is 43.1 Å². The number of carbonyl (C=O) groups excluding carboxylic acids is 3. The lowest BCUT2D eigenvalue weighted by atomic mass is 9.91. The van der Waals surface area contributed by atoms with Crippen molar-refractivity contribution in [3.8, 4) is 0 Å². The van der Waals surface area contributed by atoms with Crippen molar-refractivity contribution in [3.05, 3.63) is 64.7 Å². The number of nitrogens with zero attached hydrogens (tertiary/aromatic N) is 2. The Hall–Kier alpha value is -3.51. The molecule has 0 radical (unpaired) electrons. The Bertz CT molecular complexity index is 1260. The molecule has 1 unspecified atom stereocenters. The van der Waals surface area contributed by atoms with Crippen LogP contribution in [0.4, 0.5) is 5.69 Å². The fourth-order valence-electron chi connectivity index (χ4n) is 4.58. The number of aliphatic hydroxyl groups is 7. The van der Waals surface area contributed by atoms with Gasteiger partial charge in [0.2, 0.25) is 6.41 Å². The lowest BCUT2D eigenvalue weighted by Gasteiger charge is -2.46. The molecule has 1 aliphatic rings. The molecule has 0 aliphatic carbocycles. The Morgan fingerprint density at radius 2 is 1.62 bits per heavy atom. The first-order valence-corrected chi connectivity index (χ1v) is 12.9. The number of benzene rings is 2. The summed E-state index contributed by atoms with van der Waals surface area (Å²) in [6.45, 7) is 2.63. The summed E-state index contributed by atoms with van der Waals surface area (Å²) in [7, 11) is 0.980. The standard InChI is InChI=1S/C27H36N4O11/c1-18-4-3-5-22(29-14-19-6-8-20(9-7-19)26(38,39)30-10-12-42-13-11-30)21(18)15-31(17-33)25(37,23(34)28-2)27(40,41)24(35,36)16-32/h3-9,16-17,29,35-41H,10-15H2,1-2H3,(H,28,34).